The van der Waals surface area contributed by atoms with E-state index in [0.717, 1.165) is 23.5 Å². The number of hydrogen-bond acceptors (Lipinski definition) is 3. The van der Waals surface area contributed by atoms with Crippen LogP contribution in [0.25, 0.3) is 11.3 Å². The molecule has 21 heavy (non-hydrogen) atoms. The fourth-order valence-electron chi connectivity index (χ4n) is 2.18. The highest BCUT2D eigenvalue weighted by atomic mass is 15.3. The normalized spacial score (nSPS) is 10.5. The molecule has 0 saturated heterocycles. The van der Waals surface area contributed by atoms with Crippen LogP contribution < -0.4 is 10.9 Å². The van der Waals surface area contributed by atoms with Crippen molar-refractivity contribution in [2.24, 2.45) is 7.05 Å². The molecule has 0 aliphatic carbocycles. The Morgan fingerprint density at radius 1 is 1.00 bits per heavy atom. The van der Waals surface area contributed by atoms with Gasteiger partial charge in [0, 0.05) is 31.0 Å². The molecule has 4 nitrogen and oxygen atoms in total. The maximum atomic E-state index is 4.43. The summed E-state index contributed by atoms with van der Waals surface area (Å²) in [6.07, 6.45) is 1.96. The molecule has 0 unspecified atom stereocenters. The molecule has 3 rings (SSSR count). The lowest BCUT2D eigenvalue weighted by Gasteiger charge is -2.09. The first-order chi connectivity index (χ1) is 10.3. The smallest absolute Gasteiger partial charge is 0.0923 e. The molecule has 1 heterocycles. The Bertz CT molecular complexity index is 704. The van der Waals surface area contributed by atoms with Crippen LogP contribution in [-0.2, 0) is 13.6 Å². The predicted octanol–water partition coefficient (Wildman–Crippen LogP) is 3.20. The summed E-state index contributed by atoms with van der Waals surface area (Å²) < 4.78 is 1.82. The van der Waals surface area contributed by atoms with Gasteiger partial charge in [0.1, 0.15) is 0 Å². The summed E-state index contributed by atoms with van der Waals surface area (Å²) in [5, 5.41) is 4.43. The quantitative estimate of drug-likeness (QED) is 0.704. The maximum absolute atomic E-state index is 4.43. The number of nitrogens with one attached hydrogen (secondary N) is 2. The molecule has 0 aliphatic heterocycles. The fourth-order valence-corrected chi connectivity index (χ4v) is 2.18. The standard InChI is InChI=1S/C17H18N4/c1-21-11-10-17(20-21)15-7-5-6-14(12-15)13-18-19-16-8-3-2-4-9-16/h2-12,18-19H,13H2,1H3. The van der Waals surface area contributed by atoms with E-state index in [2.05, 4.69) is 40.2 Å². The molecule has 2 aromatic carbocycles. The lowest BCUT2D eigenvalue weighted by molar-refractivity contribution is 0.770. The molecule has 0 saturated carbocycles. The van der Waals surface area contributed by atoms with E-state index < -0.39 is 0 Å². The summed E-state index contributed by atoms with van der Waals surface area (Å²) in [6, 6.07) is 20.5. The lowest BCUT2D eigenvalue weighted by atomic mass is 10.1. The highest BCUT2D eigenvalue weighted by molar-refractivity contribution is 5.59. The Kier molecular flexibility index (Phi) is 3.98. The van der Waals surface area contributed by atoms with Crippen LogP contribution in [0.15, 0.2) is 66.9 Å². The second-order valence-corrected chi connectivity index (χ2v) is 4.92. The van der Waals surface area contributed by atoms with Crippen molar-refractivity contribution in [3.63, 3.8) is 0 Å². The van der Waals surface area contributed by atoms with Gasteiger partial charge in [0.05, 0.1) is 5.69 Å². The van der Waals surface area contributed by atoms with Gasteiger partial charge in [-0.05, 0) is 29.8 Å². The van der Waals surface area contributed by atoms with E-state index in [0.29, 0.717) is 0 Å². The van der Waals surface area contributed by atoms with E-state index in [1.54, 1.807) is 0 Å². The Labute approximate surface area is 124 Å². The number of para-hydroxylation sites is 1. The molecule has 0 radical (unpaired) electrons. The Balaban J connectivity index is 1.64. The zero-order valence-corrected chi connectivity index (χ0v) is 12.0. The van der Waals surface area contributed by atoms with Crippen LogP contribution in [0.1, 0.15) is 5.56 Å². The Hall–Kier alpha value is -2.59. The first kappa shape index (κ1) is 13.4. The summed E-state index contributed by atoms with van der Waals surface area (Å²) >= 11 is 0. The second kappa shape index (κ2) is 6.24. The number of benzene rings is 2. The number of rotatable bonds is 5. The molecule has 2 N–H and O–H groups in total. The number of aryl methyl sites for hydroxylation is 1. The van der Waals surface area contributed by atoms with Crippen molar-refractivity contribution in [2.45, 2.75) is 6.54 Å². The van der Waals surface area contributed by atoms with Crippen LogP contribution in [0, 0.1) is 0 Å². The van der Waals surface area contributed by atoms with Crippen molar-refractivity contribution >= 4 is 5.69 Å². The van der Waals surface area contributed by atoms with Crippen molar-refractivity contribution in [3.8, 4) is 11.3 Å². The molecule has 106 valence electrons. The zero-order valence-electron chi connectivity index (χ0n) is 12.0. The minimum absolute atomic E-state index is 0.746. The lowest BCUT2D eigenvalue weighted by Crippen LogP contribution is -2.20. The number of nitrogens with zero attached hydrogens (tertiary/aromatic N) is 2. The van der Waals surface area contributed by atoms with Crippen LogP contribution in [0.3, 0.4) is 0 Å². The summed E-state index contributed by atoms with van der Waals surface area (Å²) in [5.41, 5.74) is 10.8. The molecule has 0 amide bonds. The number of hydrazine groups is 1. The average molecular weight is 278 g/mol. The predicted molar refractivity (Wildman–Crippen MR) is 85.5 cm³/mol. The fraction of sp³-hybridized carbons (Fsp3) is 0.118. The van der Waals surface area contributed by atoms with E-state index in [1.165, 1.54) is 5.56 Å². The monoisotopic (exact) mass is 278 g/mol. The van der Waals surface area contributed by atoms with Gasteiger partial charge in [0.2, 0.25) is 0 Å². The van der Waals surface area contributed by atoms with Crippen LogP contribution in [0.2, 0.25) is 0 Å². The zero-order chi connectivity index (χ0) is 14.5. The summed E-state index contributed by atoms with van der Waals surface area (Å²) in [6.45, 7) is 0.746. The Morgan fingerprint density at radius 3 is 2.62 bits per heavy atom. The molecule has 0 bridgehead atoms. The van der Waals surface area contributed by atoms with E-state index in [1.807, 2.05) is 54.3 Å². The number of aromatic nitrogens is 2. The topological polar surface area (TPSA) is 41.9 Å². The van der Waals surface area contributed by atoms with Gasteiger partial charge >= 0.3 is 0 Å². The van der Waals surface area contributed by atoms with Gasteiger partial charge in [-0.25, -0.2) is 5.43 Å². The van der Waals surface area contributed by atoms with E-state index in [9.17, 15) is 0 Å². The summed E-state index contributed by atoms with van der Waals surface area (Å²) in [4.78, 5) is 0. The van der Waals surface area contributed by atoms with Gasteiger partial charge in [0.25, 0.3) is 0 Å². The van der Waals surface area contributed by atoms with Crippen LogP contribution >= 0.6 is 0 Å². The molecular formula is C17H18N4. The van der Waals surface area contributed by atoms with Gasteiger partial charge in [-0.3, -0.25) is 4.68 Å². The molecular weight excluding hydrogens is 260 g/mol. The third kappa shape index (κ3) is 3.49. The van der Waals surface area contributed by atoms with Gasteiger partial charge in [-0.2, -0.15) is 5.10 Å². The van der Waals surface area contributed by atoms with Gasteiger partial charge in [0.15, 0.2) is 0 Å². The Morgan fingerprint density at radius 2 is 1.86 bits per heavy atom. The van der Waals surface area contributed by atoms with Crippen molar-refractivity contribution in [1.29, 1.82) is 0 Å². The third-order valence-corrected chi connectivity index (χ3v) is 3.24. The SMILES string of the molecule is Cn1ccc(-c2cccc(CNNc3ccccc3)c2)n1. The number of anilines is 1. The van der Waals surface area contributed by atoms with E-state index in [-0.39, 0.29) is 0 Å². The minimum atomic E-state index is 0.746. The van der Waals surface area contributed by atoms with Crippen molar-refractivity contribution in [1.82, 2.24) is 15.2 Å². The molecule has 1 aromatic heterocycles. The average Bonchev–Trinajstić information content (AvgIpc) is 2.95. The molecule has 3 aromatic rings. The summed E-state index contributed by atoms with van der Waals surface area (Å²) in [7, 11) is 1.93. The molecule has 4 heteroatoms. The maximum Gasteiger partial charge on any atom is 0.0923 e. The molecule has 0 fully saturated rings. The van der Waals surface area contributed by atoms with E-state index >= 15 is 0 Å². The molecule has 0 aliphatic rings. The first-order valence-electron chi connectivity index (χ1n) is 6.94. The number of hydrogen-bond donors (Lipinski definition) is 2. The highest BCUT2D eigenvalue weighted by Gasteiger charge is 2.02. The second-order valence-electron chi connectivity index (χ2n) is 4.92. The molecule has 0 atom stereocenters. The van der Waals surface area contributed by atoms with Gasteiger partial charge in [-0.1, -0.05) is 36.4 Å². The van der Waals surface area contributed by atoms with Crippen molar-refractivity contribution < 1.29 is 0 Å². The van der Waals surface area contributed by atoms with Gasteiger partial charge in [-0.15, -0.1) is 0 Å². The highest BCUT2D eigenvalue weighted by Crippen LogP contribution is 2.18. The van der Waals surface area contributed by atoms with Gasteiger partial charge < -0.3 is 5.43 Å². The largest absolute Gasteiger partial charge is 0.321 e. The van der Waals surface area contributed by atoms with E-state index in [4.69, 9.17) is 0 Å². The first-order valence-corrected chi connectivity index (χ1v) is 6.94. The van der Waals surface area contributed by atoms with Crippen molar-refractivity contribution in [3.05, 3.63) is 72.4 Å². The summed E-state index contributed by atoms with van der Waals surface area (Å²) in [5.74, 6) is 0. The minimum Gasteiger partial charge on any atom is -0.321 e. The van der Waals surface area contributed by atoms with Crippen LogP contribution in [0.4, 0.5) is 5.69 Å². The molecule has 0 spiro atoms. The third-order valence-electron chi connectivity index (χ3n) is 3.24. The van der Waals surface area contributed by atoms with Crippen LogP contribution in [-0.4, -0.2) is 9.78 Å². The van der Waals surface area contributed by atoms with Crippen molar-refractivity contribution in [2.75, 3.05) is 5.43 Å². The van der Waals surface area contributed by atoms with Crippen LogP contribution in [0.5, 0.6) is 0 Å².